The minimum Gasteiger partial charge on any atom is -0.305 e. The van der Waals surface area contributed by atoms with Gasteiger partial charge in [0.1, 0.15) is 0 Å². The molecule has 0 saturated heterocycles. The SMILES string of the molecule is Cc1cc(-c2cc(-c3cc(-c4ccccn4)[c-]cc3C)cc(-c3cc4ncccc4c4cccnc34)c2)cc(C)n1.[Ir].[c-]1ccccc1-c1ccccn1. The van der Waals surface area contributed by atoms with Crippen LogP contribution in [0.4, 0.5) is 0 Å². The van der Waals surface area contributed by atoms with Crippen molar-refractivity contribution in [2.45, 2.75) is 20.8 Å². The fraction of sp³-hybridized carbons (Fsp3) is 0.0625. The van der Waals surface area contributed by atoms with Gasteiger partial charge < -0.3 is 9.97 Å². The molecule has 54 heavy (non-hydrogen) atoms. The average Bonchev–Trinajstić information content (AvgIpc) is 3.21. The number of fused-ring (bicyclic) bond motifs is 3. The molecule has 9 rings (SSSR count). The van der Waals surface area contributed by atoms with Gasteiger partial charge in [-0.05, 0) is 108 Å². The van der Waals surface area contributed by atoms with E-state index in [0.29, 0.717) is 0 Å². The van der Waals surface area contributed by atoms with Gasteiger partial charge in [-0.15, -0.1) is 65.2 Å². The molecule has 5 nitrogen and oxygen atoms in total. The molecule has 263 valence electrons. The fourth-order valence-corrected chi connectivity index (χ4v) is 6.75. The first-order chi connectivity index (χ1) is 26.0. The van der Waals surface area contributed by atoms with Crippen LogP contribution in [0.25, 0.3) is 77.7 Å². The summed E-state index contributed by atoms with van der Waals surface area (Å²) in [7, 11) is 0. The minimum absolute atomic E-state index is 0. The van der Waals surface area contributed by atoms with Crippen molar-refractivity contribution < 1.29 is 20.1 Å². The van der Waals surface area contributed by atoms with Crippen LogP contribution in [0.2, 0.25) is 0 Å². The molecule has 0 unspecified atom stereocenters. The molecule has 0 N–H and O–H groups in total. The molecule has 0 spiro atoms. The summed E-state index contributed by atoms with van der Waals surface area (Å²) >= 11 is 0. The smallest absolute Gasteiger partial charge is 0.0787 e. The van der Waals surface area contributed by atoms with Crippen molar-refractivity contribution in [2.75, 3.05) is 0 Å². The largest absolute Gasteiger partial charge is 0.305 e. The molecule has 4 aromatic carbocycles. The first-order valence-corrected chi connectivity index (χ1v) is 17.6. The molecule has 0 aliphatic carbocycles. The summed E-state index contributed by atoms with van der Waals surface area (Å²) < 4.78 is 0. The second kappa shape index (κ2) is 16.2. The zero-order valence-corrected chi connectivity index (χ0v) is 32.5. The second-order valence-electron chi connectivity index (χ2n) is 13.0. The number of aromatic nitrogens is 5. The molecule has 5 heterocycles. The summed E-state index contributed by atoms with van der Waals surface area (Å²) in [5.74, 6) is 0. The van der Waals surface area contributed by atoms with Gasteiger partial charge in [0.05, 0.1) is 11.0 Å². The van der Waals surface area contributed by atoms with Gasteiger partial charge in [-0.25, -0.2) is 0 Å². The van der Waals surface area contributed by atoms with Crippen molar-refractivity contribution in [2.24, 2.45) is 0 Å². The molecule has 0 aliphatic heterocycles. The van der Waals surface area contributed by atoms with Crippen LogP contribution in [0, 0.1) is 32.9 Å². The summed E-state index contributed by atoms with van der Waals surface area (Å²) in [6.45, 7) is 6.23. The van der Waals surface area contributed by atoms with Gasteiger partial charge in [-0.3, -0.25) is 15.0 Å². The van der Waals surface area contributed by atoms with E-state index in [1.54, 1.807) is 6.20 Å². The molecule has 0 aliphatic rings. The van der Waals surface area contributed by atoms with Crippen molar-refractivity contribution in [1.82, 2.24) is 24.9 Å². The average molecular weight is 874 g/mol. The van der Waals surface area contributed by atoms with Crippen LogP contribution < -0.4 is 0 Å². The van der Waals surface area contributed by atoms with Crippen LogP contribution in [0.15, 0.2) is 158 Å². The molecule has 1 radical (unpaired) electrons. The van der Waals surface area contributed by atoms with Gasteiger partial charge in [0, 0.05) is 72.6 Å². The van der Waals surface area contributed by atoms with Crippen LogP contribution in [0.5, 0.6) is 0 Å². The maximum atomic E-state index is 4.86. The number of aryl methyl sites for hydroxylation is 3. The standard InChI is InChI=1S/C37H27N4.C11H8N.Ir/c1-23-11-12-26(35-10-4-5-13-38-35)21-33(23)29-18-28(27-16-24(2)41-25(3)17-27)19-30(20-29)34-22-36-31(8-6-14-39-36)32-9-7-15-40-37(32)34;1-2-6-10(7-3-1)11-8-4-5-9-12-11;/h4-11,13-22H,1-3H3;1-6,8-9H;/q2*-1;. The molecule has 6 heteroatoms. The van der Waals surface area contributed by atoms with Crippen LogP contribution in [0.3, 0.4) is 0 Å². The molecule has 0 bridgehead atoms. The molecule has 0 atom stereocenters. The quantitative estimate of drug-likeness (QED) is 0.127. The van der Waals surface area contributed by atoms with Gasteiger partial charge >= 0.3 is 0 Å². The zero-order chi connectivity index (χ0) is 36.1. The van der Waals surface area contributed by atoms with Crippen LogP contribution >= 0.6 is 0 Å². The normalized spacial score (nSPS) is 10.7. The number of nitrogens with zero attached hydrogens (tertiary/aromatic N) is 5. The fourth-order valence-electron chi connectivity index (χ4n) is 6.75. The zero-order valence-electron chi connectivity index (χ0n) is 30.1. The summed E-state index contributed by atoms with van der Waals surface area (Å²) in [5, 5.41) is 2.20. The Bertz CT molecular complexity index is 2640. The Kier molecular flexibility index (Phi) is 10.9. The predicted molar refractivity (Wildman–Crippen MR) is 216 cm³/mol. The van der Waals surface area contributed by atoms with Gasteiger partial charge in [-0.1, -0.05) is 48.9 Å². The van der Waals surface area contributed by atoms with Crippen LogP contribution in [-0.4, -0.2) is 24.9 Å². The van der Waals surface area contributed by atoms with E-state index in [1.807, 2.05) is 105 Å². The Labute approximate surface area is 329 Å². The van der Waals surface area contributed by atoms with Gasteiger partial charge in [-0.2, -0.15) is 0 Å². The Balaban J connectivity index is 0.000000294. The summed E-state index contributed by atoms with van der Waals surface area (Å²) in [4.78, 5) is 23.0. The van der Waals surface area contributed by atoms with E-state index in [4.69, 9.17) is 9.97 Å². The van der Waals surface area contributed by atoms with E-state index >= 15 is 0 Å². The van der Waals surface area contributed by atoms with E-state index in [1.165, 1.54) is 0 Å². The van der Waals surface area contributed by atoms with Crippen LogP contribution in [0.1, 0.15) is 17.0 Å². The molecule has 5 aromatic heterocycles. The minimum atomic E-state index is 0. The van der Waals surface area contributed by atoms with E-state index < -0.39 is 0 Å². The van der Waals surface area contributed by atoms with E-state index in [9.17, 15) is 0 Å². The monoisotopic (exact) mass is 874 g/mol. The molecule has 0 saturated carbocycles. The van der Waals surface area contributed by atoms with E-state index in [-0.39, 0.29) is 20.1 Å². The van der Waals surface area contributed by atoms with Gasteiger partial charge in [0.2, 0.25) is 0 Å². The molecule has 9 aromatic rings. The topological polar surface area (TPSA) is 64.5 Å². The van der Waals surface area contributed by atoms with Crippen molar-refractivity contribution in [3.05, 3.63) is 187 Å². The number of pyridine rings is 5. The predicted octanol–water partition coefficient (Wildman–Crippen LogP) is 11.5. The number of hydrogen-bond acceptors (Lipinski definition) is 5. The second-order valence-corrected chi connectivity index (χ2v) is 13.0. The molecular formula is C48H35IrN5-2. The summed E-state index contributed by atoms with van der Waals surface area (Å²) in [5.41, 5.74) is 15.6. The van der Waals surface area contributed by atoms with E-state index in [0.717, 1.165) is 94.7 Å². The Hall–Kier alpha value is -6.20. The Morgan fingerprint density at radius 1 is 0.463 bits per heavy atom. The Morgan fingerprint density at radius 3 is 1.76 bits per heavy atom. The molecular weight excluding hydrogens is 839 g/mol. The number of hydrogen-bond donors (Lipinski definition) is 0. The van der Waals surface area contributed by atoms with E-state index in [2.05, 4.69) is 94.7 Å². The number of rotatable bonds is 5. The first-order valence-electron chi connectivity index (χ1n) is 17.6. The van der Waals surface area contributed by atoms with Crippen LogP contribution in [-0.2, 0) is 20.1 Å². The molecule has 0 fully saturated rings. The van der Waals surface area contributed by atoms with Gasteiger partial charge in [0.25, 0.3) is 0 Å². The van der Waals surface area contributed by atoms with Crippen molar-refractivity contribution >= 4 is 21.8 Å². The maximum absolute atomic E-state index is 4.86. The third kappa shape index (κ3) is 7.77. The maximum Gasteiger partial charge on any atom is 0.0787 e. The van der Waals surface area contributed by atoms with Crippen molar-refractivity contribution in [3.8, 4) is 55.9 Å². The van der Waals surface area contributed by atoms with Crippen molar-refractivity contribution in [3.63, 3.8) is 0 Å². The third-order valence-electron chi connectivity index (χ3n) is 9.19. The first kappa shape index (κ1) is 36.2. The Morgan fingerprint density at radius 2 is 1.07 bits per heavy atom. The summed E-state index contributed by atoms with van der Waals surface area (Å²) in [6.07, 6.45) is 7.32. The third-order valence-corrected chi connectivity index (χ3v) is 9.19. The van der Waals surface area contributed by atoms with Crippen molar-refractivity contribution in [1.29, 1.82) is 0 Å². The summed E-state index contributed by atoms with van der Waals surface area (Å²) in [6, 6.07) is 52.0. The van der Waals surface area contributed by atoms with Gasteiger partial charge in [0.15, 0.2) is 0 Å². The number of benzene rings is 4. The molecule has 0 amide bonds.